The third-order valence-corrected chi connectivity index (χ3v) is 1.97. The minimum absolute atomic E-state index is 0.182. The van der Waals surface area contributed by atoms with Gasteiger partial charge in [0.2, 0.25) is 11.6 Å². The Kier molecular flexibility index (Phi) is 5.18. The van der Waals surface area contributed by atoms with Crippen molar-refractivity contribution in [3.05, 3.63) is 27.9 Å². The number of aromatic nitrogens is 1. The molecule has 3 N–H and O–H groups in total. The van der Waals surface area contributed by atoms with E-state index in [4.69, 9.17) is 15.7 Å². The van der Waals surface area contributed by atoms with Gasteiger partial charge < -0.3 is 15.8 Å². The van der Waals surface area contributed by atoms with E-state index in [2.05, 4.69) is 10.3 Å². The highest BCUT2D eigenvalue weighted by molar-refractivity contribution is 5.74. The molecule has 0 fully saturated rings. The van der Waals surface area contributed by atoms with E-state index in [1.165, 1.54) is 12.1 Å². The summed E-state index contributed by atoms with van der Waals surface area (Å²) in [5.41, 5.74) is 4.25. The summed E-state index contributed by atoms with van der Waals surface area (Å²) < 4.78 is 4.90. The Hall–Kier alpha value is -2.73. The van der Waals surface area contributed by atoms with Gasteiger partial charge in [-0.2, -0.15) is 5.26 Å². The minimum atomic E-state index is -0.675. The topological polar surface area (TPSA) is 144 Å². The molecule has 0 spiro atoms. The lowest BCUT2D eigenvalue weighted by molar-refractivity contribution is -0.385. The van der Waals surface area contributed by atoms with Crippen LogP contribution in [0.25, 0.3) is 0 Å². The predicted octanol–water partition coefficient (Wildman–Crippen LogP) is -0.225. The molecule has 0 saturated heterocycles. The maximum Gasteiger partial charge on any atom is 0.305 e. The van der Waals surface area contributed by atoms with Gasteiger partial charge in [0.15, 0.2) is 0 Å². The molecule has 0 unspecified atom stereocenters. The summed E-state index contributed by atoms with van der Waals surface area (Å²) in [6.45, 7) is 0.352. The van der Waals surface area contributed by atoms with E-state index < -0.39 is 10.8 Å². The number of ether oxygens (including phenoxy) is 1. The lowest BCUT2D eigenvalue weighted by atomic mass is 10.3. The number of carbonyl (C=O) groups is 1. The van der Waals surface area contributed by atoms with E-state index in [-0.39, 0.29) is 24.6 Å². The number of hydrogen-bond donors (Lipinski definition) is 2. The molecule has 0 saturated carbocycles. The van der Waals surface area contributed by atoms with Gasteiger partial charge in [0, 0.05) is 12.6 Å². The molecule has 0 radical (unpaired) electrons. The summed E-state index contributed by atoms with van der Waals surface area (Å²) in [5, 5.41) is 22.1. The van der Waals surface area contributed by atoms with Crippen molar-refractivity contribution in [1.82, 2.24) is 4.98 Å². The number of pyridine rings is 1. The zero-order valence-corrected chi connectivity index (χ0v) is 9.83. The van der Waals surface area contributed by atoms with E-state index in [0.29, 0.717) is 12.4 Å². The number of carbonyl (C=O) groups excluding carboxylic acids is 1. The van der Waals surface area contributed by atoms with Gasteiger partial charge in [-0.25, -0.2) is 4.98 Å². The summed E-state index contributed by atoms with van der Waals surface area (Å²) in [5.74, 6) is -0.259. The summed E-state index contributed by atoms with van der Waals surface area (Å²) in [6, 6.07) is 4.22. The van der Waals surface area contributed by atoms with Gasteiger partial charge in [-0.1, -0.05) is 0 Å². The monoisotopic (exact) mass is 265 g/mol. The van der Waals surface area contributed by atoms with E-state index in [1.807, 2.05) is 0 Å². The van der Waals surface area contributed by atoms with Crippen molar-refractivity contribution < 1.29 is 14.5 Å². The van der Waals surface area contributed by atoms with Crippen LogP contribution >= 0.6 is 0 Å². The first-order valence-corrected chi connectivity index (χ1v) is 5.20. The van der Waals surface area contributed by atoms with Crippen molar-refractivity contribution in [3.63, 3.8) is 0 Å². The van der Waals surface area contributed by atoms with Crippen LogP contribution in [-0.4, -0.2) is 35.6 Å². The fraction of sp³-hybridized carbons (Fsp3) is 0.300. The van der Waals surface area contributed by atoms with Gasteiger partial charge in [-0.05, 0) is 6.07 Å². The molecule has 0 aliphatic rings. The number of hydrogen-bond acceptors (Lipinski definition) is 7. The van der Waals surface area contributed by atoms with Crippen LogP contribution in [0.5, 0.6) is 0 Å². The third-order valence-electron chi connectivity index (χ3n) is 1.97. The highest BCUT2D eigenvalue weighted by Crippen LogP contribution is 2.17. The lowest BCUT2D eigenvalue weighted by Crippen LogP contribution is -2.20. The average Bonchev–Trinajstić information content (AvgIpc) is 2.37. The Bertz CT molecular complexity index is 525. The zero-order valence-electron chi connectivity index (χ0n) is 9.83. The van der Waals surface area contributed by atoms with E-state index in [0.717, 1.165) is 0 Å². The Morgan fingerprint density at radius 2 is 2.37 bits per heavy atom. The van der Waals surface area contributed by atoms with Crippen molar-refractivity contribution in [1.29, 1.82) is 5.26 Å². The molecule has 1 aromatic rings. The molecule has 0 atom stereocenters. The molecule has 19 heavy (non-hydrogen) atoms. The van der Waals surface area contributed by atoms with Crippen molar-refractivity contribution >= 4 is 17.4 Å². The number of nitro groups is 1. The average molecular weight is 265 g/mol. The Morgan fingerprint density at radius 1 is 1.63 bits per heavy atom. The molecule has 1 heterocycles. The number of nitriles is 1. The van der Waals surface area contributed by atoms with E-state index >= 15 is 0 Å². The first-order chi connectivity index (χ1) is 9.04. The number of primary amides is 1. The molecule has 0 bridgehead atoms. The van der Waals surface area contributed by atoms with Crippen molar-refractivity contribution in [3.8, 4) is 6.07 Å². The largest absolute Gasteiger partial charge is 0.370 e. The van der Waals surface area contributed by atoms with E-state index in [1.54, 1.807) is 6.07 Å². The maximum atomic E-state index is 10.6. The molecule has 9 nitrogen and oxygen atoms in total. The SMILES string of the molecule is N#Cc1nc(NCCOCC(N)=O)ccc1[N+](=O)[O-]. The van der Waals surface area contributed by atoms with Gasteiger partial charge in [-0.15, -0.1) is 0 Å². The minimum Gasteiger partial charge on any atom is -0.370 e. The van der Waals surface area contributed by atoms with Crippen LogP contribution in [0.1, 0.15) is 5.69 Å². The second-order valence-electron chi connectivity index (χ2n) is 3.38. The van der Waals surface area contributed by atoms with Gasteiger partial charge in [0.25, 0.3) is 0 Å². The smallest absolute Gasteiger partial charge is 0.305 e. The second-order valence-corrected chi connectivity index (χ2v) is 3.38. The predicted molar refractivity (Wildman–Crippen MR) is 64.1 cm³/mol. The Morgan fingerprint density at radius 3 is 2.95 bits per heavy atom. The fourth-order valence-electron chi connectivity index (χ4n) is 1.20. The van der Waals surface area contributed by atoms with Crippen LogP contribution in [0.15, 0.2) is 12.1 Å². The van der Waals surface area contributed by atoms with Gasteiger partial charge in [0.1, 0.15) is 18.5 Å². The van der Waals surface area contributed by atoms with Crippen molar-refractivity contribution in [2.45, 2.75) is 0 Å². The quantitative estimate of drug-likeness (QED) is 0.393. The third kappa shape index (κ3) is 4.57. The summed E-state index contributed by atoms with van der Waals surface area (Å²) in [6.07, 6.45) is 0. The normalized spacial score (nSPS) is 9.63. The van der Waals surface area contributed by atoms with Crippen molar-refractivity contribution in [2.75, 3.05) is 25.1 Å². The molecule has 0 aliphatic heterocycles. The first-order valence-electron chi connectivity index (χ1n) is 5.20. The molecule has 9 heteroatoms. The standard InChI is InChI=1S/C10H11N5O4/c11-5-7-8(15(17)18)1-2-10(14-7)13-3-4-19-6-9(12)16/h1-2H,3-4,6H2,(H2,12,16)(H,13,14). The van der Waals surface area contributed by atoms with Crippen LogP contribution in [0.3, 0.4) is 0 Å². The second kappa shape index (κ2) is 6.87. The highest BCUT2D eigenvalue weighted by atomic mass is 16.6. The Balaban J connectivity index is 2.54. The number of nitrogens with one attached hydrogen (secondary N) is 1. The van der Waals surface area contributed by atoms with Gasteiger partial charge >= 0.3 is 5.69 Å². The van der Waals surface area contributed by atoms with Crippen LogP contribution < -0.4 is 11.1 Å². The molecule has 0 aliphatic carbocycles. The molecule has 1 amide bonds. The van der Waals surface area contributed by atoms with Gasteiger partial charge in [-0.3, -0.25) is 14.9 Å². The summed E-state index contributed by atoms with van der Waals surface area (Å²) in [4.78, 5) is 24.1. The number of nitrogens with two attached hydrogens (primary N) is 1. The van der Waals surface area contributed by atoms with Crippen LogP contribution in [0, 0.1) is 21.4 Å². The maximum absolute atomic E-state index is 10.6. The zero-order chi connectivity index (χ0) is 14.3. The number of amides is 1. The molecule has 1 rings (SSSR count). The Labute approximate surface area is 108 Å². The van der Waals surface area contributed by atoms with Crippen molar-refractivity contribution in [2.24, 2.45) is 5.73 Å². The van der Waals surface area contributed by atoms with Crippen LogP contribution in [0.2, 0.25) is 0 Å². The van der Waals surface area contributed by atoms with E-state index in [9.17, 15) is 14.9 Å². The summed E-state index contributed by atoms with van der Waals surface area (Å²) in [7, 11) is 0. The number of nitrogens with zero attached hydrogens (tertiary/aromatic N) is 3. The molecular weight excluding hydrogens is 254 g/mol. The fourth-order valence-corrected chi connectivity index (χ4v) is 1.20. The molecule has 1 aromatic heterocycles. The summed E-state index contributed by atoms with van der Waals surface area (Å²) >= 11 is 0. The van der Waals surface area contributed by atoms with Crippen LogP contribution in [-0.2, 0) is 9.53 Å². The lowest BCUT2D eigenvalue weighted by Gasteiger charge is -2.05. The molecular formula is C10H11N5O4. The number of rotatable bonds is 7. The van der Waals surface area contributed by atoms with Gasteiger partial charge in [0.05, 0.1) is 11.5 Å². The molecule has 0 aromatic carbocycles. The first kappa shape index (κ1) is 14.3. The highest BCUT2D eigenvalue weighted by Gasteiger charge is 2.15. The molecule has 100 valence electrons. The number of anilines is 1. The van der Waals surface area contributed by atoms with Crippen LogP contribution in [0.4, 0.5) is 11.5 Å².